The van der Waals surface area contributed by atoms with Crippen molar-refractivity contribution in [2.75, 3.05) is 5.73 Å². The van der Waals surface area contributed by atoms with Crippen LogP contribution in [0.5, 0.6) is 5.75 Å². The molecule has 4 nitrogen and oxygen atoms in total. The first-order valence-corrected chi connectivity index (χ1v) is 4.08. The van der Waals surface area contributed by atoms with Gasteiger partial charge in [0.05, 0.1) is 11.1 Å². The molecule has 0 bridgehead atoms. The summed E-state index contributed by atoms with van der Waals surface area (Å²) < 4.78 is 0. The highest BCUT2D eigenvalue weighted by atomic mass is 16.3. The Morgan fingerprint density at radius 3 is 2.00 bits per heavy atom. The van der Waals surface area contributed by atoms with Gasteiger partial charge in [-0.1, -0.05) is 0 Å². The van der Waals surface area contributed by atoms with Crippen LogP contribution in [-0.2, 0) is 0 Å². The molecule has 14 heavy (non-hydrogen) atoms. The normalized spacial score (nSPS) is 9.86. The lowest BCUT2D eigenvalue weighted by atomic mass is 9.98. The summed E-state index contributed by atoms with van der Waals surface area (Å²) in [5, 5.41) is 9.41. The van der Waals surface area contributed by atoms with Crippen LogP contribution in [0.15, 0.2) is 12.1 Å². The van der Waals surface area contributed by atoms with E-state index >= 15 is 0 Å². The zero-order valence-corrected chi connectivity index (χ0v) is 8.00. The Labute approximate surface area is 81.3 Å². The fourth-order valence-electron chi connectivity index (χ4n) is 1.34. The van der Waals surface area contributed by atoms with E-state index in [2.05, 4.69) is 0 Å². The number of aromatic hydroxyl groups is 1. The second kappa shape index (κ2) is 3.49. The van der Waals surface area contributed by atoms with Gasteiger partial charge in [-0.3, -0.25) is 9.59 Å². The number of hydrogen-bond donors (Lipinski definition) is 2. The summed E-state index contributed by atoms with van der Waals surface area (Å²) in [5.41, 5.74) is 5.85. The molecule has 0 fully saturated rings. The largest absolute Gasteiger partial charge is 0.507 e. The molecule has 0 unspecified atom stereocenters. The molecule has 0 amide bonds. The second-order valence-electron chi connectivity index (χ2n) is 3.04. The molecule has 1 aromatic carbocycles. The molecule has 0 aliphatic rings. The Morgan fingerprint density at radius 2 is 1.64 bits per heavy atom. The maximum absolute atomic E-state index is 11.2. The lowest BCUT2D eigenvalue weighted by molar-refractivity contribution is 0.0979. The minimum absolute atomic E-state index is 0.00231. The summed E-state index contributed by atoms with van der Waals surface area (Å²) in [7, 11) is 0. The Kier molecular flexibility index (Phi) is 2.56. The van der Waals surface area contributed by atoms with Gasteiger partial charge in [0.25, 0.3) is 0 Å². The van der Waals surface area contributed by atoms with Gasteiger partial charge in [0.1, 0.15) is 5.75 Å². The van der Waals surface area contributed by atoms with Gasteiger partial charge in [-0.15, -0.1) is 0 Å². The molecule has 0 atom stereocenters. The van der Waals surface area contributed by atoms with E-state index in [4.69, 9.17) is 5.73 Å². The SMILES string of the molecule is CC(=O)c1c(N)ccc(O)c1C(C)=O. The molecule has 0 radical (unpaired) electrons. The first-order valence-electron chi connectivity index (χ1n) is 4.08. The molecule has 3 N–H and O–H groups in total. The number of phenols is 1. The molecular formula is C10H11NO3. The van der Waals surface area contributed by atoms with E-state index in [1.165, 1.54) is 26.0 Å². The number of nitrogens with two attached hydrogens (primary N) is 1. The van der Waals surface area contributed by atoms with Crippen molar-refractivity contribution >= 4 is 17.3 Å². The predicted octanol–water partition coefficient (Wildman–Crippen LogP) is 1.38. The smallest absolute Gasteiger partial charge is 0.164 e. The van der Waals surface area contributed by atoms with Crippen LogP contribution in [0.1, 0.15) is 34.6 Å². The lowest BCUT2D eigenvalue weighted by Crippen LogP contribution is -2.08. The molecule has 74 valence electrons. The monoisotopic (exact) mass is 193 g/mol. The third kappa shape index (κ3) is 1.59. The zero-order valence-electron chi connectivity index (χ0n) is 8.00. The Hall–Kier alpha value is -1.84. The number of rotatable bonds is 2. The van der Waals surface area contributed by atoms with Crippen molar-refractivity contribution in [3.8, 4) is 5.75 Å². The van der Waals surface area contributed by atoms with Gasteiger partial charge in [-0.25, -0.2) is 0 Å². The number of carbonyl (C=O) groups is 2. The molecule has 0 heterocycles. The number of ketones is 2. The summed E-state index contributed by atoms with van der Waals surface area (Å²) in [6.07, 6.45) is 0. The van der Waals surface area contributed by atoms with E-state index in [1.807, 2.05) is 0 Å². The van der Waals surface area contributed by atoms with Gasteiger partial charge in [-0.2, -0.15) is 0 Å². The molecule has 4 heteroatoms. The molecular weight excluding hydrogens is 182 g/mol. The second-order valence-corrected chi connectivity index (χ2v) is 3.04. The van der Waals surface area contributed by atoms with Crippen molar-refractivity contribution in [2.45, 2.75) is 13.8 Å². The fraction of sp³-hybridized carbons (Fsp3) is 0.200. The number of nitrogen functional groups attached to an aromatic ring is 1. The summed E-state index contributed by atoms with van der Waals surface area (Å²) in [4.78, 5) is 22.4. The molecule has 1 rings (SSSR count). The van der Waals surface area contributed by atoms with Crippen LogP contribution >= 0.6 is 0 Å². The summed E-state index contributed by atoms with van der Waals surface area (Å²) in [6.45, 7) is 2.58. The number of benzene rings is 1. The molecule has 0 saturated heterocycles. The average Bonchev–Trinajstić information content (AvgIpc) is 2.07. The number of anilines is 1. The van der Waals surface area contributed by atoms with Crippen molar-refractivity contribution in [2.24, 2.45) is 0 Å². The summed E-state index contributed by atoms with van der Waals surface area (Å²) >= 11 is 0. The highest BCUT2D eigenvalue weighted by molar-refractivity contribution is 6.11. The van der Waals surface area contributed by atoms with Crippen molar-refractivity contribution < 1.29 is 14.7 Å². The van der Waals surface area contributed by atoms with Crippen LogP contribution in [0, 0.1) is 0 Å². The molecule has 1 aromatic rings. The number of phenolic OH excluding ortho intramolecular Hbond substituents is 1. The Morgan fingerprint density at radius 1 is 1.14 bits per heavy atom. The topological polar surface area (TPSA) is 80.4 Å². The van der Waals surface area contributed by atoms with Crippen LogP contribution in [0.3, 0.4) is 0 Å². The van der Waals surface area contributed by atoms with Gasteiger partial charge < -0.3 is 10.8 Å². The van der Waals surface area contributed by atoms with Gasteiger partial charge in [0.2, 0.25) is 0 Å². The van der Waals surface area contributed by atoms with Gasteiger partial charge in [-0.05, 0) is 26.0 Å². The standard InChI is InChI=1S/C10H11NO3/c1-5(12)9-7(11)3-4-8(14)10(9)6(2)13/h3-4,14H,11H2,1-2H3. The minimum Gasteiger partial charge on any atom is -0.507 e. The fourth-order valence-corrected chi connectivity index (χ4v) is 1.34. The zero-order chi connectivity index (χ0) is 10.9. The quantitative estimate of drug-likeness (QED) is 0.422. The van der Waals surface area contributed by atoms with E-state index in [-0.39, 0.29) is 34.1 Å². The maximum atomic E-state index is 11.2. The summed E-state index contributed by atoms with van der Waals surface area (Å²) in [6, 6.07) is 2.71. The van der Waals surface area contributed by atoms with Crippen molar-refractivity contribution in [3.05, 3.63) is 23.3 Å². The number of hydrogen-bond acceptors (Lipinski definition) is 4. The number of Topliss-reactive ketones (excluding diaryl/α,β-unsaturated/α-hetero) is 2. The Bertz CT molecular complexity index is 371. The van der Waals surface area contributed by atoms with Crippen molar-refractivity contribution in [3.63, 3.8) is 0 Å². The van der Waals surface area contributed by atoms with Gasteiger partial charge >= 0.3 is 0 Å². The number of carbonyl (C=O) groups excluding carboxylic acids is 2. The first-order chi connectivity index (χ1) is 6.45. The molecule has 0 aliphatic carbocycles. The minimum atomic E-state index is -0.375. The predicted molar refractivity (Wildman–Crippen MR) is 52.5 cm³/mol. The third-order valence-corrected chi connectivity index (χ3v) is 1.92. The third-order valence-electron chi connectivity index (χ3n) is 1.92. The summed E-state index contributed by atoms with van der Waals surface area (Å²) in [5.74, 6) is -0.916. The van der Waals surface area contributed by atoms with E-state index in [0.29, 0.717) is 0 Å². The average molecular weight is 193 g/mol. The van der Waals surface area contributed by atoms with Crippen LogP contribution in [-0.4, -0.2) is 16.7 Å². The van der Waals surface area contributed by atoms with Crippen LogP contribution in [0.25, 0.3) is 0 Å². The molecule has 0 aliphatic heterocycles. The molecule has 0 aromatic heterocycles. The van der Waals surface area contributed by atoms with Crippen LogP contribution in [0.2, 0.25) is 0 Å². The molecule has 0 saturated carbocycles. The highest BCUT2D eigenvalue weighted by Crippen LogP contribution is 2.27. The van der Waals surface area contributed by atoms with Crippen molar-refractivity contribution in [1.29, 1.82) is 0 Å². The highest BCUT2D eigenvalue weighted by Gasteiger charge is 2.18. The van der Waals surface area contributed by atoms with E-state index in [1.54, 1.807) is 0 Å². The van der Waals surface area contributed by atoms with E-state index < -0.39 is 0 Å². The molecule has 0 spiro atoms. The Balaban J connectivity index is 3.58. The van der Waals surface area contributed by atoms with Crippen LogP contribution < -0.4 is 5.73 Å². The van der Waals surface area contributed by atoms with Gasteiger partial charge in [0.15, 0.2) is 11.6 Å². The van der Waals surface area contributed by atoms with E-state index in [9.17, 15) is 14.7 Å². The van der Waals surface area contributed by atoms with E-state index in [0.717, 1.165) is 0 Å². The lowest BCUT2D eigenvalue weighted by Gasteiger charge is -2.08. The maximum Gasteiger partial charge on any atom is 0.164 e. The van der Waals surface area contributed by atoms with Crippen molar-refractivity contribution in [1.82, 2.24) is 0 Å². The first kappa shape index (κ1) is 10.2. The van der Waals surface area contributed by atoms with Gasteiger partial charge in [0, 0.05) is 5.69 Å². The van der Waals surface area contributed by atoms with Crippen LogP contribution in [0.4, 0.5) is 5.69 Å².